The van der Waals surface area contributed by atoms with E-state index >= 15 is 0 Å². The van der Waals surface area contributed by atoms with Gasteiger partial charge in [0.05, 0.1) is 24.7 Å². The minimum absolute atomic E-state index is 0.0841. The molecule has 1 N–H and O–H groups in total. The van der Waals surface area contributed by atoms with Crippen LogP contribution in [0.3, 0.4) is 0 Å². The molecule has 0 aliphatic heterocycles. The third-order valence-corrected chi connectivity index (χ3v) is 5.58. The van der Waals surface area contributed by atoms with E-state index in [2.05, 4.69) is 10.3 Å². The lowest BCUT2D eigenvalue weighted by molar-refractivity contribution is -0.120. The summed E-state index contributed by atoms with van der Waals surface area (Å²) in [6.07, 6.45) is 2.13. The van der Waals surface area contributed by atoms with Gasteiger partial charge >= 0.3 is 0 Å². The molecule has 2 aromatic heterocycles. The molecule has 4 rings (SSSR count). The summed E-state index contributed by atoms with van der Waals surface area (Å²) < 4.78 is 20.6. The fourth-order valence-electron chi connectivity index (χ4n) is 3.15. The number of rotatable bonds is 7. The fourth-order valence-corrected chi connectivity index (χ4v) is 3.98. The molecule has 4 aromatic rings. The number of methoxy groups -OCH3 is 1. The molecule has 0 atom stereocenters. The zero-order chi connectivity index (χ0) is 20.2. The van der Waals surface area contributed by atoms with Crippen molar-refractivity contribution in [2.45, 2.75) is 13.0 Å². The number of fused-ring (bicyclic) bond motifs is 1. The SMILES string of the molecule is COc1ccc(-c2nc(CC(=O)NCCn3ccc4ccc(F)cc43)cs2)cc1. The number of aromatic nitrogens is 2. The molecule has 1 amide bonds. The third kappa shape index (κ3) is 4.46. The zero-order valence-electron chi connectivity index (χ0n) is 15.9. The average molecular weight is 409 g/mol. The summed E-state index contributed by atoms with van der Waals surface area (Å²) in [5, 5.41) is 6.66. The number of nitrogens with one attached hydrogen (secondary N) is 1. The Morgan fingerprint density at radius 2 is 2.03 bits per heavy atom. The summed E-state index contributed by atoms with van der Waals surface area (Å²) in [7, 11) is 1.63. The molecule has 2 aromatic carbocycles. The molecule has 0 bridgehead atoms. The lowest BCUT2D eigenvalue weighted by Crippen LogP contribution is -2.28. The largest absolute Gasteiger partial charge is 0.497 e. The first-order valence-electron chi connectivity index (χ1n) is 9.22. The van der Waals surface area contributed by atoms with E-state index in [0.717, 1.165) is 32.9 Å². The van der Waals surface area contributed by atoms with Crippen molar-refractivity contribution in [3.8, 4) is 16.3 Å². The Balaban J connectivity index is 1.31. The van der Waals surface area contributed by atoms with Gasteiger partial charge in [0.2, 0.25) is 5.91 Å². The monoisotopic (exact) mass is 409 g/mol. The Bertz CT molecular complexity index is 1130. The lowest BCUT2D eigenvalue weighted by atomic mass is 10.2. The van der Waals surface area contributed by atoms with Crippen molar-refractivity contribution >= 4 is 28.1 Å². The normalized spacial score (nSPS) is 11.0. The van der Waals surface area contributed by atoms with Gasteiger partial charge in [-0.15, -0.1) is 11.3 Å². The number of ether oxygens (including phenoxy) is 1. The van der Waals surface area contributed by atoms with Gasteiger partial charge in [0.1, 0.15) is 16.6 Å². The van der Waals surface area contributed by atoms with Crippen molar-refractivity contribution in [3.63, 3.8) is 0 Å². The van der Waals surface area contributed by atoms with Crippen LogP contribution >= 0.6 is 11.3 Å². The van der Waals surface area contributed by atoms with E-state index in [9.17, 15) is 9.18 Å². The number of amides is 1. The van der Waals surface area contributed by atoms with Gasteiger partial charge in [-0.05, 0) is 53.9 Å². The Hall–Kier alpha value is -3.19. The number of halogens is 1. The maximum Gasteiger partial charge on any atom is 0.226 e. The van der Waals surface area contributed by atoms with Gasteiger partial charge in [-0.2, -0.15) is 0 Å². The van der Waals surface area contributed by atoms with Crippen LogP contribution in [0.2, 0.25) is 0 Å². The van der Waals surface area contributed by atoms with Crippen molar-refractivity contribution in [3.05, 3.63) is 71.6 Å². The van der Waals surface area contributed by atoms with E-state index in [4.69, 9.17) is 4.74 Å². The lowest BCUT2D eigenvalue weighted by Gasteiger charge is -2.07. The number of hydrogen-bond acceptors (Lipinski definition) is 4. The first-order valence-corrected chi connectivity index (χ1v) is 10.1. The number of hydrogen-bond donors (Lipinski definition) is 1. The van der Waals surface area contributed by atoms with Gasteiger partial charge in [0.15, 0.2) is 0 Å². The summed E-state index contributed by atoms with van der Waals surface area (Å²) in [4.78, 5) is 16.8. The topological polar surface area (TPSA) is 56.1 Å². The molecule has 2 heterocycles. The van der Waals surface area contributed by atoms with E-state index in [1.54, 1.807) is 13.2 Å². The molecule has 148 valence electrons. The predicted octanol–water partition coefficient (Wildman–Crippen LogP) is 4.27. The second-order valence-corrected chi connectivity index (χ2v) is 7.47. The van der Waals surface area contributed by atoms with E-state index in [0.29, 0.717) is 13.1 Å². The number of benzene rings is 2. The molecule has 0 saturated heterocycles. The zero-order valence-corrected chi connectivity index (χ0v) is 16.7. The van der Waals surface area contributed by atoms with E-state index < -0.39 is 0 Å². The minimum atomic E-state index is -0.266. The van der Waals surface area contributed by atoms with Crippen molar-refractivity contribution in [1.29, 1.82) is 0 Å². The average Bonchev–Trinajstić information content (AvgIpc) is 3.35. The van der Waals surface area contributed by atoms with Crippen molar-refractivity contribution < 1.29 is 13.9 Å². The smallest absolute Gasteiger partial charge is 0.226 e. The second kappa shape index (κ2) is 8.45. The summed E-state index contributed by atoms with van der Waals surface area (Å²) in [6, 6.07) is 14.3. The quantitative estimate of drug-likeness (QED) is 0.496. The standard InChI is InChI=1S/C22H20FN3O2S/c1-28-19-6-3-16(4-7-19)22-25-18(14-29-22)13-21(27)24-9-11-26-10-8-15-2-5-17(23)12-20(15)26/h2-8,10,12,14H,9,11,13H2,1H3,(H,24,27). The highest BCUT2D eigenvalue weighted by molar-refractivity contribution is 7.13. The summed E-state index contributed by atoms with van der Waals surface area (Å²) in [6.45, 7) is 1.04. The molecule has 5 nitrogen and oxygen atoms in total. The van der Waals surface area contributed by atoms with Crippen molar-refractivity contribution in [1.82, 2.24) is 14.9 Å². The molecule has 0 saturated carbocycles. The van der Waals surface area contributed by atoms with Crippen LogP contribution in [0.5, 0.6) is 5.75 Å². The van der Waals surface area contributed by atoms with Crippen LogP contribution in [0.15, 0.2) is 60.1 Å². The molecule has 29 heavy (non-hydrogen) atoms. The Labute approximate surface area is 171 Å². The number of thiazole rings is 1. The minimum Gasteiger partial charge on any atom is -0.497 e. The Morgan fingerprint density at radius 1 is 1.21 bits per heavy atom. The highest BCUT2D eigenvalue weighted by Gasteiger charge is 2.10. The maximum atomic E-state index is 13.5. The summed E-state index contributed by atoms with van der Waals surface area (Å²) in [5.41, 5.74) is 2.56. The molecular formula is C22H20FN3O2S. The van der Waals surface area contributed by atoms with Crippen molar-refractivity contribution in [2.24, 2.45) is 0 Å². The van der Waals surface area contributed by atoms with Crippen LogP contribution in [0.4, 0.5) is 4.39 Å². The van der Waals surface area contributed by atoms with Crippen LogP contribution in [0.25, 0.3) is 21.5 Å². The molecular weight excluding hydrogens is 389 g/mol. The highest BCUT2D eigenvalue weighted by Crippen LogP contribution is 2.25. The van der Waals surface area contributed by atoms with Gasteiger partial charge in [-0.1, -0.05) is 0 Å². The first kappa shape index (κ1) is 19.1. The van der Waals surface area contributed by atoms with Crippen LogP contribution in [-0.4, -0.2) is 29.1 Å². The molecule has 7 heteroatoms. The fraction of sp³-hybridized carbons (Fsp3) is 0.182. The van der Waals surface area contributed by atoms with Crippen molar-refractivity contribution in [2.75, 3.05) is 13.7 Å². The van der Waals surface area contributed by atoms with Crippen LogP contribution in [0.1, 0.15) is 5.69 Å². The van der Waals surface area contributed by atoms with E-state index in [-0.39, 0.29) is 18.1 Å². The van der Waals surface area contributed by atoms with Gasteiger partial charge in [0.25, 0.3) is 0 Å². The van der Waals surface area contributed by atoms with Crippen LogP contribution in [-0.2, 0) is 17.8 Å². The van der Waals surface area contributed by atoms with Gasteiger partial charge in [-0.3, -0.25) is 4.79 Å². The second-order valence-electron chi connectivity index (χ2n) is 6.61. The maximum absolute atomic E-state index is 13.5. The molecule has 0 unspecified atom stereocenters. The Kier molecular flexibility index (Phi) is 5.57. The molecule has 0 aliphatic rings. The number of carbonyl (C=O) groups is 1. The van der Waals surface area contributed by atoms with Gasteiger partial charge < -0.3 is 14.6 Å². The van der Waals surface area contributed by atoms with Crippen LogP contribution < -0.4 is 10.1 Å². The summed E-state index contributed by atoms with van der Waals surface area (Å²) in [5.74, 6) is 0.444. The number of nitrogens with zero attached hydrogens (tertiary/aromatic N) is 2. The molecule has 0 spiro atoms. The van der Waals surface area contributed by atoms with Gasteiger partial charge in [-0.25, -0.2) is 9.37 Å². The molecule has 0 fully saturated rings. The third-order valence-electron chi connectivity index (χ3n) is 4.64. The first-order chi connectivity index (χ1) is 14.1. The van der Waals surface area contributed by atoms with Crippen LogP contribution in [0, 0.1) is 5.82 Å². The van der Waals surface area contributed by atoms with E-state index in [1.807, 2.05) is 46.5 Å². The van der Waals surface area contributed by atoms with E-state index in [1.165, 1.54) is 23.5 Å². The van der Waals surface area contributed by atoms with Gasteiger partial charge in [0, 0.05) is 30.2 Å². The summed E-state index contributed by atoms with van der Waals surface area (Å²) >= 11 is 1.51. The number of carbonyl (C=O) groups excluding carboxylic acids is 1. The predicted molar refractivity (Wildman–Crippen MR) is 113 cm³/mol. The molecule has 0 radical (unpaired) electrons. The highest BCUT2D eigenvalue weighted by atomic mass is 32.1. The molecule has 0 aliphatic carbocycles. The Morgan fingerprint density at radius 3 is 2.83 bits per heavy atom.